The molecule has 2 N–H and O–H groups in total. The minimum Gasteiger partial charge on any atom is -0.369 e. The lowest BCUT2D eigenvalue weighted by atomic mass is 9.85. The number of imidazole rings is 1. The van der Waals surface area contributed by atoms with Crippen molar-refractivity contribution in [2.75, 3.05) is 5.73 Å². The number of fused-ring (bicyclic) bond motifs is 1. The smallest absolute Gasteiger partial charge is 0.201 e. The van der Waals surface area contributed by atoms with Crippen LogP contribution in [0.1, 0.15) is 19.3 Å². The molecule has 1 fully saturated rings. The first-order valence-corrected chi connectivity index (χ1v) is 6.84. The van der Waals surface area contributed by atoms with Crippen molar-refractivity contribution in [2.45, 2.75) is 25.8 Å². The number of halogens is 2. The lowest BCUT2D eigenvalue weighted by molar-refractivity contribution is 0.280. The van der Waals surface area contributed by atoms with E-state index in [1.165, 1.54) is 19.3 Å². The van der Waals surface area contributed by atoms with Crippen LogP contribution in [0.4, 0.5) is 10.3 Å². The Bertz CT molecular complexity index is 575. The summed E-state index contributed by atoms with van der Waals surface area (Å²) < 4.78 is 16.1. The van der Waals surface area contributed by atoms with Crippen LogP contribution in [-0.4, -0.2) is 9.55 Å². The Morgan fingerprint density at radius 2 is 2.24 bits per heavy atom. The molecule has 0 bridgehead atoms. The predicted octanol–water partition coefficient (Wildman–Crippen LogP) is 3.16. The summed E-state index contributed by atoms with van der Waals surface area (Å²) in [6.45, 7) is 0.863. The van der Waals surface area contributed by atoms with Gasteiger partial charge in [0.1, 0.15) is 5.82 Å². The van der Waals surface area contributed by atoms with Gasteiger partial charge in [-0.1, -0.05) is 6.42 Å². The molecule has 5 heteroatoms. The first kappa shape index (κ1) is 11.3. The third-order valence-electron chi connectivity index (χ3n) is 3.49. The van der Waals surface area contributed by atoms with E-state index in [0.717, 1.165) is 17.6 Å². The molecule has 1 aromatic heterocycles. The maximum Gasteiger partial charge on any atom is 0.201 e. The number of anilines is 1. The summed E-state index contributed by atoms with van der Waals surface area (Å²) in [6.07, 6.45) is 3.78. The highest BCUT2D eigenvalue weighted by atomic mass is 127. The Hall–Kier alpha value is -0.850. The molecular formula is C12H13FIN3. The van der Waals surface area contributed by atoms with Gasteiger partial charge in [-0.3, -0.25) is 0 Å². The molecule has 0 atom stereocenters. The van der Waals surface area contributed by atoms with Gasteiger partial charge in [0.15, 0.2) is 0 Å². The summed E-state index contributed by atoms with van der Waals surface area (Å²) in [5.41, 5.74) is 7.50. The van der Waals surface area contributed by atoms with Gasteiger partial charge in [0.05, 0.1) is 14.6 Å². The van der Waals surface area contributed by atoms with Crippen molar-refractivity contribution in [3.63, 3.8) is 0 Å². The summed E-state index contributed by atoms with van der Waals surface area (Å²) in [4.78, 5) is 4.30. The molecule has 3 nitrogen and oxygen atoms in total. The first-order valence-electron chi connectivity index (χ1n) is 5.76. The van der Waals surface area contributed by atoms with E-state index in [9.17, 15) is 4.39 Å². The predicted molar refractivity (Wildman–Crippen MR) is 74.2 cm³/mol. The molecule has 90 valence electrons. The molecule has 1 aliphatic carbocycles. The van der Waals surface area contributed by atoms with Crippen molar-refractivity contribution < 1.29 is 4.39 Å². The van der Waals surface area contributed by atoms with E-state index >= 15 is 0 Å². The summed E-state index contributed by atoms with van der Waals surface area (Å²) >= 11 is 1.97. The number of rotatable bonds is 2. The van der Waals surface area contributed by atoms with Crippen molar-refractivity contribution in [1.29, 1.82) is 0 Å². The van der Waals surface area contributed by atoms with Gasteiger partial charge in [-0.05, 0) is 47.4 Å². The van der Waals surface area contributed by atoms with Gasteiger partial charge < -0.3 is 10.3 Å². The molecule has 0 spiro atoms. The Balaban J connectivity index is 2.08. The van der Waals surface area contributed by atoms with Crippen molar-refractivity contribution in [2.24, 2.45) is 5.92 Å². The van der Waals surface area contributed by atoms with E-state index in [1.807, 2.05) is 27.2 Å². The molecule has 3 rings (SSSR count). The van der Waals surface area contributed by atoms with Gasteiger partial charge in [0.2, 0.25) is 5.95 Å². The standard InChI is InChI=1S/C12H13FIN3/c13-8-4-11-10(5-9(8)14)16-12(15)17(11)6-7-2-1-3-7/h4-5,7H,1-3,6H2,(H2,15,16). The van der Waals surface area contributed by atoms with Gasteiger partial charge in [0, 0.05) is 12.6 Å². The molecule has 0 unspecified atom stereocenters. The summed E-state index contributed by atoms with van der Waals surface area (Å²) in [6, 6.07) is 3.29. The summed E-state index contributed by atoms with van der Waals surface area (Å²) in [7, 11) is 0. The SMILES string of the molecule is Nc1nc2cc(I)c(F)cc2n1CC1CCC1. The highest BCUT2D eigenvalue weighted by molar-refractivity contribution is 14.1. The molecule has 1 heterocycles. The third-order valence-corrected chi connectivity index (χ3v) is 4.31. The third kappa shape index (κ3) is 1.90. The summed E-state index contributed by atoms with van der Waals surface area (Å²) in [5.74, 6) is 0.971. The normalized spacial score (nSPS) is 16.4. The van der Waals surface area contributed by atoms with Crippen LogP contribution in [0.25, 0.3) is 11.0 Å². The quantitative estimate of drug-likeness (QED) is 0.850. The van der Waals surface area contributed by atoms with Gasteiger partial charge in [-0.25, -0.2) is 9.37 Å². The molecule has 1 aromatic carbocycles. The number of nitrogens with two attached hydrogens (primary N) is 1. The average molecular weight is 345 g/mol. The fraction of sp³-hybridized carbons (Fsp3) is 0.417. The first-order chi connectivity index (χ1) is 8.15. The van der Waals surface area contributed by atoms with Crippen molar-refractivity contribution in [1.82, 2.24) is 9.55 Å². The number of hydrogen-bond donors (Lipinski definition) is 1. The van der Waals surface area contributed by atoms with Crippen molar-refractivity contribution >= 4 is 39.6 Å². The Labute approximate surface area is 112 Å². The number of benzene rings is 1. The highest BCUT2D eigenvalue weighted by Crippen LogP contribution is 2.31. The lowest BCUT2D eigenvalue weighted by Crippen LogP contribution is -2.19. The second kappa shape index (κ2) is 4.12. The minimum absolute atomic E-state index is 0.201. The Kier molecular flexibility index (Phi) is 2.72. The monoisotopic (exact) mass is 345 g/mol. The second-order valence-electron chi connectivity index (χ2n) is 4.63. The molecule has 17 heavy (non-hydrogen) atoms. The summed E-state index contributed by atoms with van der Waals surface area (Å²) in [5, 5.41) is 0. The molecule has 2 aromatic rings. The number of nitrogen functional groups attached to an aromatic ring is 1. The van der Waals surface area contributed by atoms with Crippen LogP contribution < -0.4 is 5.73 Å². The average Bonchev–Trinajstić information content (AvgIpc) is 2.49. The van der Waals surface area contributed by atoms with Crippen molar-refractivity contribution in [3.8, 4) is 0 Å². The van der Waals surface area contributed by atoms with Crippen LogP contribution in [0.3, 0.4) is 0 Å². The Morgan fingerprint density at radius 1 is 1.47 bits per heavy atom. The maximum atomic E-state index is 13.6. The molecule has 1 aliphatic rings. The molecule has 1 saturated carbocycles. The van der Waals surface area contributed by atoms with Crippen LogP contribution in [0.15, 0.2) is 12.1 Å². The largest absolute Gasteiger partial charge is 0.369 e. The molecule has 0 saturated heterocycles. The molecular weight excluding hydrogens is 332 g/mol. The zero-order valence-corrected chi connectivity index (χ0v) is 11.4. The lowest BCUT2D eigenvalue weighted by Gasteiger charge is -2.26. The zero-order valence-electron chi connectivity index (χ0n) is 9.29. The van der Waals surface area contributed by atoms with E-state index in [0.29, 0.717) is 15.4 Å². The van der Waals surface area contributed by atoms with Crippen LogP contribution >= 0.6 is 22.6 Å². The van der Waals surface area contributed by atoms with E-state index in [-0.39, 0.29) is 5.82 Å². The van der Waals surface area contributed by atoms with Gasteiger partial charge >= 0.3 is 0 Å². The van der Waals surface area contributed by atoms with Gasteiger partial charge in [-0.15, -0.1) is 0 Å². The van der Waals surface area contributed by atoms with Crippen molar-refractivity contribution in [3.05, 3.63) is 21.5 Å². The van der Waals surface area contributed by atoms with Gasteiger partial charge in [0.25, 0.3) is 0 Å². The minimum atomic E-state index is -0.201. The van der Waals surface area contributed by atoms with Gasteiger partial charge in [-0.2, -0.15) is 0 Å². The zero-order chi connectivity index (χ0) is 12.0. The van der Waals surface area contributed by atoms with Crippen LogP contribution in [0, 0.1) is 15.3 Å². The van der Waals surface area contributed by atoms with Crippen LogP contribution in [0.5, 0.6) is 0 Å². The number of hydrogen-bond acceptors (Lipinski definition) is 2. The number of nitrogens with zero attached hydrogens (tertiary/aromatic N) is 2. The van der Waals surface area contributed by atoms with E-state index in [4.69, 9.17) is 5.73 Å². The van der Waals surface area contributed by atoms with E-state index < -0.39 is 0 Å². The maximum absolute atomic E-state index is 13.6. The Morgan fingerprint density at radius 3 is 2.88 bits per heavy atom. The molecule has 0 amide bonds. The second-order valence-corrected chi connectivity index (χ2v) is 5.79. The van der Waals surface area contributed by atoms with Crippen LogP contribution in [0.2, 0.25) is 0 Å². The van der Waals surface area contributed by atoms with E-state index in [1.54, 1.807) is 12.1 Å². The van der Waals surface area contributed by atoms with Crippen LogP contribution in [-0.2, 0) is 6.54 Å². The fourth-order valence-corrected chi connectivity index (χ4v) is 2.71. The fourth-order valence-electron chi connectivity index (χ4n) is 2.26. The molecule has 0 aliphatic heterocycles. The number of aromatic nitrogens is 2. The topological polar surface area (TPSA) is 43.8 Å². The molecule has 0 radical (unpaired) electrons. The van der Waals surface area contributed by atoms with E-state index in [2.05, 4.69) is 4.98 Å². The highest BCUT2D eigenvalue weighted by Gasteiger charge is 2.20.